The molecule has 0 saturated heterocycles. The van der Waals surface area contributed by atoms with Gasteiger partial charge in [0.05, 0.1) is 15.7 Å². The normalized spacial score (nSPS) is 11.6. The van der Waals surface area contributed by atoms with E-state index in [1.807, 2.05) is 0 Å². The summed E-state index contributed by atoms with van der Waals surface area (Å²) >= 11 is 0. The fraction of sp³-hybridized carbons (Fsp3) is 1.00. The molecule has 0 aliphatic carbocycles. The van der Waals surface area contributed by atoms with Gasteiger partial charge < -0.3 is 0 Å². The standard InChI is InChI=1S/C3H6B2/c1-3(2,4)5/h1-2H3. The number of rotatable bonds is 0. The van der Waals surface area contributed by atoms with E-state index in [1.165, 1.54) is 0 Å². The zero-order valence-corrected chi connectivity index (χ0v) is 3.65. The Hall–Kier alpha value is 0.130. The summed E-state index contributed by atoms with van der Waals surface area (Å²) in [5.74, 6) is 0. The average molecular weight is 63.7 g/mol. The second kappa shape index (κ2) is 1.08. The van der Waals surface area contributed by atoms with Crippen molar-refractivity contribution in [1.82, 2.24) is 0 Å². The molecule has 0 aromatic heterocycles. The van der Waals surface area contributed by atoms with Crippen LogP contribution in [0.2, 0.25) is 5.21 Å². The second-order valence-corrected chi connectivity index (χ2v) is 1.82. The fourth-order valence-corrected chi connectivity index (χ4v) is 0. The molecule has 2 heteroatoms. The summed E-state index contributed by atoms with van der Waals surface area (Å²) in [5.41, 5.74) is 0. The molecular formula is C3H6B2. The molecule has 0 heterocycles. The Morgan fingerprint density at radius 1 is 1.20 bits per heavy atom. The Morgan fingerprint density at radius 2 is 1.20 bits per heavy atom. The van der Waals surface area contributed by atoms with Gasteiger partial charge in [-0.1, -0.05) is 13.8 Å². The molecule has 4 radical (unpaired) electrons. The Bertz CT molecular complexity index is 20.4. The minimum atomic E-state index is -0.500. The van der Waals surface area contributed by atoms with Crippen molar-refractivity contribution in [2.45, 2.75) is 19.1 Å². The predicted octanol–water partition coefficient (Wildman–Crippen LogP) is 0.479. The van der Waals surface area contributed by atoms with Gasteiger partial charge in [-0.2, -0.15) is 0 Å². The summed E-state index contributed by atoms with van der Waals surface area (Å²) in [6.45, 7) is 3.49. The number of hydrogen-bond acceptors (Lipinski definition) is 0. The number of hydrogen-bond donors (Lipinski definition) is 0. The molecule has 0 atom stereocenters. The van der Waals surface area contributed by atoms with Gasteiger partial charge in [0, 0.05) is 0 Å². The van der Waals surface area contributed by atoms with E-state index in [9.17, 15) is 0 Å². The first-order chi connectivity index (χ1) is 2.00. The average Bonchev–Trinajstić information content (AvgIpc) is 0.722. The highest BCUT2D eigenvalue weighted by molar-refractivity contribution is 6.39. The van der Waals surface area contributed by atoms with Crippen molar-refractivity contribution in [2.24, 2.45) is 0 Å². The molecule has 0 spiro atoms. The maximum Gasteiger partial charge on any atom is 0.0613 e. The minimum absolute atomic E-state index is 0.500. The summed E-state index contributed by atoms with van der Waals surface area (Å²) in [6, 6.07) is 0. The Morgan fingerprint density at radius 3 is 1.20 bits per heavy atom. The van der Waals surface area contributed by atoms with E-state index < -0.39 is 5.21 Å². The van der Waals surface area contributed by atoms with E-state index in [4.69, 9.17) is 15.7 Å². The Balaban J connectivity index is 3.02. The molecule has 0 unspecified atom stereocenters. The molecule has 0 aliphatic heterocycles. The van der Waals surface area contributed by atoms with Crippen molar-refractivity contribution in [3.05, 3.63) is 0 Å². The molecule has 0 aliphatic rings. The molecule has 0 bridgehead atoms. The summed E-state index contributed by atoms with van der Waals surface area (Å²) in [5, 5.41) is -0.500. The van der Waals surface area contributed by atoms with Crippen molar-refractivity contribution >= 4 is 15.7 Å². The van der Waals surface area contributed by atoms with E-state index in [0.717, 1.165) is 0 Å². The van der Waals surface area contributed by atoms with Crippen LogP contribution in [0.25, 0.3) is 0 Å². The van der Waals surface area contributed by atoms with Crippen LogP contribution in [-0.2, 0) is 0 Å². The summed E-state index contributed by atoms with van der Waals surface area (Å²) in [7, 11) is 10.3. The lowest BCUT2D eigenvalue weighted by molar-refractivity contribution is 0.971. The lowest BCUT2D eigenvalue weighted by Crippen LogP contribution is -1.98. The SMILES string of the molecule is [B]C([B])(C)C. The van der Waals surface area contributed by atoms with Crippen LogP contribution in [0.5, 0.6) is 0 Å². The molecule has 0 aromatic carbocycles. The van der Waals surface area contributed by atoms with Gasteiger partial charge in [-0.3, -0.25) is 0 Å². The van der Waals surface area contributed by atoms with Gasteiger partial charge in [-0.25, -0.2) is 0 Å². The van der Waals surface area contributed by atoms with Crippen LogP contribution in [0.4, 0.5) is 0 Å². The third kappa shape index (κ3) is 1110. The van der Waals surface area contributed by atoms with Crippen LogP contribution >= 0.6 is 0 Å². The first kappa shape index (κ1) is 5.13. The summed E-state index contributed by atoms with van der Waals surface area (Å²) in [4.78, 5) is 0. The van der Waals surface area contributed by atoms with Crippen molar-refractivity contribution < 1.29 is 0 Å². The molecule has 0 aromatic rings. The van der Waals surface area contributed by atoms with Gasteiger partial charge in [0.1, 0.15) is 0 Å². The van der Waals surface area contributed by atoms with E-state index in [1.54, 1.807) is 13.8 Å². The summed E-state index contributed by atoms with van der Waals surface area (Å²) < 4.78 is 0. The van der Waals surface area contributed by atoms with Crippen LogP contribution < -0.4 is 0 Å². The first-order valence-corrected chi connectivity index (χ1v) is 1.58. The summed E-state index contributed by atoms with van der Waals surface area (Å²) in [6.07, 6.45) is 0. The lowest BCUT2D eigenvalue weighted by Gasteiger charge is -2.06. The van der Waals surface area contributed by atoms with Crippen LogP contribution in [0, 0.1) is 0 Å². The highest BCUT2D eigenvalue weighted by Gasteiger charge is 1.95. The maximum atomic E-state index is 5.13. The molecule has 0 amide bonds. The van der Waals surface area contributed by atoms with Crippen molar-refractivity contribution in [3.8, 4) is 0 Å². The van der Waals surface area contributed by atoms with Gasteiger partial charge in [-0.15, -0.1) is 5.21 Å². The minimum Gasteiger partial charge on any atom is -0.104 e. The molecule has 5 heavy (non-hydrogen) atoms. The Labute approximate surface area is 35.8 Å². The van der Waals surface area contributed by atoms with Gasteiger partial charge in [0.25, 0.3) is 0 Å². The van der Waals surface area contributed by atoms with E-state index >= 15 is 0 Å². The molecular weight excluding hydrogens is 57.7 g/mol. The lowest BCUT2D eigenvalue weighted by atomic mass is 9.58. The monoisotopic (exact) mass is 64.1 g/mol. The first-order valence-electron chi connectivity index (χ1n) is 1.58. The Kier molecular flexibility index (Phi) is 1.10. The highest BCUT2D eigenvalue weighted by atomic mass is 13.8. The second-order valence-electron chi connectivity index (χ2n) is 1.82. The quantitative estimate of drug-likeness (QED) is 0.359. The fourth-order valence-electron chi connectivity index (χ4n) is 0. The molecule has 24 valence electrons. The molecule has 0 nitrogen and oxygen atoms in total. The molecule has 0 rings (SSSR count). The van der Waals surface area contributed by atoms with Gasteiger partial charge >= 0.3 is 0 Å². The van der Waals surface area contributed by atoms with Crippen LogP contribution in [0.3, 0.4) is 0 Å². The van der Waals surface area contributed by atoms with Crippen LogP contribution in [-0.4, -0.2) is 15.7 Å². The highest BCUT2D eigenvalue weighted by Crippen LogP contribution is 2.07. The van der Waals surface area contributed by atoms with Gasteiger partial charge in [-0.05, 0) is 0 Å². The van der Waals surface area contributed by atoms with Crippen LogP contribution in [0.1, 0.15) is 13.8 Å². The van der Waals surface area contributed by atoms with E-state index in [-0.39, 0.29) is 0 Å². The van der Waals surface area contributed by atoms with Crippen molar-refractivity contribution in [3.63, 3.8) is 0 Å². The van der Waals surface area contributed by atoms with Gasteiger partial charge in [0.15, 0.2) is 0 Å². The van der Waals surface area contributed by atoms with Crippen molar-refractivity contribution in [1.29, 1.82) is 0 Å². The van der Waals surface area contributed by atoms with Crippen molar-refractivity contribution in [2.75, 3.05) is 0 Å². The van der Waals surface area contributed by atoms with E-state index in [2.05, 4.69) is 0 Å². The third-order valence-corrected chi connectivity index (χ3v) is 0. The zero-order valence-electron chi connectivity index (χ0n) is 3.65. The van der Waals surface area contributed by atoms with Gasteiger partial charge in [0.2, 0.25) is 0 Å². The maximum absolute atomic E-state index is 5.13. The third-order valence-electron chi connectivity index (χ3n) is 0. The predicted molar refractivity (Wildman–Crippen MR) is 25.5 cm³/mol. The topological polar surface area (TPSA) is 0 Å². The largest absolute Gasteiger partial charge is 0.104 e. The molecule has 0 fully saturated rings. The van der Waals surface area contributed by atoms with E-state index in [0.29, 0.717) is 0 Å². The molecule has 0 N–H and O–H groups in total. The molecule has 0 saturated carbocycles. The zero-order chi connectivity index (χ0) is 4.50. The van der Waals surface area contributed by atoms with Crippen LogP contribution in [0.15, 0.2) is 0 Å². The smallest absolute Gasteiger partial charge is 0.0613 e.